The van der Waals surface area contributed by atoms with Gasteiger partial charge in [-0.25, -0.2) is 0 Å². The van der Waals surface area contributed by atoms with Crippen molar-refractivity contribution in [3.63, 3.8) is 0 Å². The SMILES string of the molecule is O=C1NC(=O)[C@H]2[C@H]3C[C@H]([C@H](O)[C@@H]3O)[C@@H]12. The van der Waals surface area contributed by atoms with Gasteiger partial charge in [-0.3, -0.25) is 14.9 Å². The van der Waals surface area contributed by atoms with Gasteiger partial charge in [0, 0.05) is 11.8 Å². The third-order valence-electron chi connectivity index (χ3n) is 3.93. The Bertz CT molecular complexity index is 299. The quantitative estimate of drug-likeness (QED) is 0.402. The molecule has 0 aromatic carbocycles. The molecule has 76 valence electrons. The molecule has 0 aromatic rings. The Morgan fingerprint density at radius 1 is 1.00 bits per heavy atom. The lowest BCUT2D eigenvalue weighted by atomic mass is 9.78. The van der Waals surface area contributed by atoms with E-state index in [2.05, 4.69) is 5.32 Å². The molecule has 0 radical (unpaired) electrons. The van der Waals surface area contributed by atoms with Crippen LogP contribution < -0.4 is 5.32 Å². The topological polar surface area (TPSA) is 86.6 Å². The van der Waals surface area contributed by atoms with Gasteiger partial charge in [-0.1, -0.05) is 0 Å². The maximum atomic E-state index is 11.4. The largest absolute Gasteiger partial charge is 0.390 e. The van der Waals surface area contributed by atoms with Gasteiger partial charge >= 0.3 is 0 Å². The van der Waals surface area contributed by atoms with Crippen LogP contribution in [0.5, 0.6) is 0 Å². The molecular weight excluding hydrogens is 186 g/mol. The van der Waals surface area contributed by atoms with E-state index in [0.29, 0.717) is 6.42 Å². The molecule has 2 amide bonds. The van der Waals surface area contributed by atoms with Crippen molar-refractivity contribution in [2.24, 2.45) is 23.7 Å². The second kappa shape index (κ2) is 2.35. The molecule has 3 N–H and O–H groups in total. The van der Waals surface area contributed by atoms with Gasteiger partial charge in [-0.05, 0) is 6.42 Å². The van der Waals surface area contributed by atoms with Crippen molar-refractivity contribution in [3.8, 4) is 0 Å². The molecule has 1 aliphatic heterocycles. The van der Waals surface area contributed by atoms with E-state index in [-0.39, 0.29) is 23.7 Å². The zero-order chi connectivity index (χ0) is 10.0. The van der Waals surface area contributed by atoms with Crippen LogP contribution in [-0.2, 0) is 9.59 Å². The first kappa shape index (κ1) is 8.38. The summed E-state index contributed by atoms with van der Waals surface area (Å²) >= 11 is 0. The number of nitrogens with one attached hydrogen (secondary N) is 1. The Kier molecular flexibility index (Phi) is 1.41. The minimum atomic E-state index is -0.835. The number of hydrogen-bond acceptors (Lipinski definition) is 4. The number of rotatable bonds is 0. The van der Waals surface area contributed by atoms with E-state index in [9.17, 15) is 19.8 Å². The highest BCUT2D eigenvalue weighted by atomic mass is 16.3. The smallest absolute Gasteiger partial charge is 0.230 e. The predicted molar refractivity (Wildman–Crippen MR) is 43.7 cm³/mol. The number of imide groups is 1. The van der Waals surface area contributed by atoms with Gasteiger partial charge in [0.1, 0.15) is 0 Å². The lowest BCUT2D eigenvalue weighted by Gasteiger charge is -2.29. The molecule has 3 rings (SSSR count). The minimum Gasteiger partial charge on any atom is -0.390 e. The Balaban J connectivity index is 2.01. The normalized spacial score (nSPS) is 55.0. The number of carbonyl (C=O) groups excluding carboxylic acids is 2. The Morgan fingerprint density at radius 2 is 1.43 bits per heavy atom. The van der Waals surface area contributed by atoms with E-state index in [1.807, 2.05) is 0 Å². The molecule has 0 unspecified atom stereocenters. The maximum Gasteiger partial charge on any atom is 0.230 e. The first-order valence-corrected chi connectivity index (χ1v) is 4.82. The fourth-order valence-corrected chi connectivity index (χ4v) is 3.35. The average molecular weight is 197 g/mol. The molecular formula is C9H11NO4. The van der Waals surface area contributed by atoms with Crippen molar-refractivity contribution in [2.75, 3.05) is 0 Å². The summed E-state index contributed by atoms with van der Waals surface area (Å²) in [4.78, 5) is 22.8. The Morgan fingerprint density at radius 3 is 1.86 bits per heavy atom. The number of fused-ring (bicyclic) bond motifs is 5. The highest BCUT2D eigenvalue weighted by molar-refractivity contribution is 6.06. The van der Waals surface area contributed by atoms with Crippen molar-refractivity contribution in [1.82, 2.24) is 5.32 Å². The van der Waals surface area contributed by atoms with Gasteiger partial charge < -0.3 is 10.2 Å². The van der Waals surface area contributed by atoms with Crippen LogP contribution in [0.1, 0.15) is 6.42 Å². The fourth-order valence-electron chi connectivity index (χ4n) is 3.35. The molecule has 1 heterocycles. The lowest BCUT2D eigenvalue weighted by Crippen LogP contribution is -2.43. The minimum absolute atomic E-state index is 0.230. The van der Waals surface area contributed by atoms with Crippen LogP contribution in [-0.4, -0.2) is 34.2 Å². The predicted octanol–water partition coefficient (Wildman–Crippen LogP) is -1.75. The summed E-state index contributed by atoms with van der Waals surface area (Å²) in [5.41, 5.74) is 0. The van der Waals surface area contributed by atoms with Gasteiger partial charge in [0.15, 0.2) is 0 Å². The Labute approximate surface area is 80.1 Å². The zero-order valence-corrected chi connectivity index (χ0v) is 7.38. The van der Waals surface area contributed by atoms with Crippen LogP contribution in [0.15, 0.2) is 0 Å². The molecule has 2 saturated carbocycles. The molecule has 3 fully saturated rings. The average Bonchev–Trinajstić information content (AvgIpc) is 2.71. The van der Waals surface area contributed by atoms with E-state index < -0.39 is 24.0 Å². The number of aliphatic hydroxyl groups excluding tert-OH is 2. The molecule has 3 aliphatic rings. The molecule has 0 aromatic heterocycles. The molecule has 2 bridgehead atoms. The molecule has 0 spiro atoms. The van der Waals surface area contributed by atoms with Gasteiger partial charge in [0.25, 0.3) is 0 Å². The summed E-state index contributed by atoms with van der Waals surface area (Å²) in [7, 11) is 0. The lowest BCUT2D eigenvalue weighted by molar-refractivity contribution is -0.129. The highest BCUT2D eigenvalue weighted by Gasteiger charge is 2.64. The van der Waals surface area contributed by atoms with Crippen LogP contribution >= 0.6 is 0 Å². The van der Waals surface area contributed by atoms with E-state index in [1.54, 1.807) is 0 Å². The van der Waals surface area contributed by atoms with Crippen LogP contribution in [0, 0.1) is 23.7 Å². The van der Waals surface area contributed by atoms with Crippen molar-refractivity contribution in [1.29, 1.82) is 0 Å². The van der Waals surface area contributed by atoms with Crippen molar-refractivity contribution < 1.29 is 19.8 Å². The van der Waals surface area contributed by atoms with Gasteiger partial charge in [0.2, 0.25) is 11.8 Å². The van der Waals surface area contributed by atoms with Crippen molar-refractivity contribution in [3.05, 3.63) is 0 Å². The monoisotopic (exact) mass is 197 g/mol. The standard InChI is InChI=1S/C9H11NO4/c11-6-2-1-3(7(6)12)5-4(2)8(13)10-9(5)14/h2-7,11-12H,1H2,(H,10,13,14)/t2-,3+,4+,5-,6-,7+. The summed E-state index contributed by atoms with van der Waals surface area (Å²) in [6.07, 6.45) is -1.08. The number of aliphatic hydroxyl groups is 2. The van der Waals surface area contributed by atoms with Crippen LogP contribution in [0.2, 0.25) is 0 Å². The molecule has 14 heavy (non-hydrogen) atoms. The van der Waals surface area contributed by atoms with Crippen molar-refractivity contribution >= 4 is 11.8 Å². The van der Waals surface area contributed by atoms with E-state index in [0.717, 1.165) is 0 Å². The number of carbonyl (C=O) groups is 2. The fraction of sp³-hybridized carbons (Fsp3) is 0.778. The van der Waals surface area contributed by atoms with E-state index in [1.165, 1.54) is 0 Å². The van der Waals surface area contributed by atoms with E-state index >= 15 is 0 Å². The highest BCUT2D eigenvalue weighted by Crippen LogP contribution is 2.54. The molecule has 2 aliphatic carbocycles. The molecule has 5 heteroatoms. The summed E-state index contributed by atoms with van der Waals surface area (Å²) < 4.78 is 0. The third kappa shape index (κ3) is 0.734. The van der Waals surface area contributed by atoms with Gasteiger partial charge in [-0.2, -0.15) is 0 Å². The van der Waals surface area contributed by atoms with Crippen LogP contribution in [0.25, 0.3) is 0 Å². The van der Waals surface area contributed by atoms with Crippen molar-refractivity contribution in [2.45, 2.75) is 18.6 Å². The third-order valence-corrected chi connectivity index (χ3v) is 3.93. The van der Waals surface area contributed by atoms with Gasteiger partial charge in [-0.15, -0.1) is 0 Å². The summed E-state index contributed by atoms with van der Waals surface area (Å²) in [5, 5.41) is 21.5. The summed E-state index contributed by atoms with van der Waals surface area (Å²) in [6, 6.07) is 0. The first-order valence-electron chi connectivity index (χ1n) is 4.82. The zero-order valence-electron chi connectivity index (χ0n) is 7.38. The Hall–Kier alpha value is -0.940. The second-order valence-electron chi connectivity index (χ2n) is 4.45. The molecule has 1 saturated heterocycles. The summed E-state index contributed by atoms with van der Waals surface area (Å²) in [5.74, 6) is -1.81. The first-order chi connectivity index (χ1) is 6.61. The molecule has 5 nitrogen and oxygen atoms in total. The molecule has 6 atom stereocenters. The number of amides is 2. The maximum absolute atomic E-state index is 11.4. The van der Waals surface area contributed by atoms with Crippen LogP contribution in [0.3, 0.4) is 0 Å². The van der Waals surface area contributed by atoms with Gasteiger partial charge in [0.05, 0.1) is 24.0 Å². The van der Waals surface area contributed by atoms with Crippen LogP contribution in [0.4, 0.5) is 0 Å². The van der Waals surface area contributed by atoms with E-state index in [4.69, 9.17) is 0 Å². The number of hydrogen-bond donors (Lipinski definition) is 3. The second-order valence-corrected chi connectivity index (χ2v) is 4.45. The summed E-state index contributed by atoms with van der Waals surface area (Å²) in [6.45, 7) is 0.